The van der Waals surface area contributed by atoms with Crippen molar-refractivity contribution in [2.45, 2.75) is 51.2 Å². The zero-order chi connectivity index (χ0) is 18.6. The summed E-state index contributed by atoms with van der Waals surface area (Å²) in [7, 11) is 0. The minimum atomic E-state index is -0.823. The van der Waals surface area contributed by atoms with Gasteiger partial charge >= 0.3 is 6.09 Å². The van der Waals surface area contributed by atoms with E-state index in [1.165, 1.54) is 47.8 Å². The van der Waals surface area contributed by atoms with Crippen molar-refractivity contribution in [2.24, 2.45) is 11.8 Å². The number of fused-ring (bicyclic) bond motifs is 1. The molecule has 1 saturated heterocycles. The third-order valence-electron chi connectivity index (χ3n) is 6.41. The molecule has 1 heterocycles. The SMILES string of the molecule is O=C(O)N1CCC(C2CCCCC2)C(OCc2ccc3ccccc3c2)C1. The second kappa shape index (κ2) is 8.30. The molecular weight excluding hydrogens is 338 g/mol. The van der Waals surface area contributed by atoms with Gasteiger partial charge in [0.2, 0.25) is 0 Å². The Balaban J connectivity index is 1.46. The first kappa shape index (κ1) is 18.3. The van der Waals surface area contributed by atoms with Crippen molar-refractivity contribution in [2.75, 3.05) is 13.1 Å². The van der Waals surface area contributed by atoms with E-state index in [1.54, 1.807) is 0 Å². The Morgan fingerprint density at radius 2 is 1.81 bits per heavy atom. The second-order valence-corrected chi connectivity index (χ2v) is 8.11. The van der Waals surface area contributed by atoms with E-state index in [2.05, 4.69) is 42.5 Å². The molecule has 144 valence electrons. The van der Waals surface area contributed by atoms with Crippen molar-refractivity contribution >= 4 is 16.9 Å². The molecule has 2 aliphatic rings. The average molecular weight is 367 g/mol. The van der Waals surface area contributed by atoms with E-state index in [1.807, 2.05) is 0 Å². The van der Waals surface area contributed by atoms with Crippen molar-refractivity contribution in [3.63, 3.8) is 0 Å². The molecule has 2 aromatic rings. The Morgan fingerprint density at radius 3 is 2.59 bits per heavy atom. The molecule has 4 heteroatoms. The van der Waals surface area contributed by atoms with Gasteiger partial charge in [0.1, 0.15) is 0 Å². The highest BCUT2D eigenvalue weighted by atomic mass is 16.5. The van der Waals surface area contributed by atoms with Crippen molar-refractivity contribution < 1.29 is 14.6 Å². The molecule has 2 fully saturated rings. The summed E-state index contributed by atoms with van der Waals surface area (Å²) in [4.78, 5) is 13.0. The van der Waals surface area contributed by atoms with Crippen molar-refractivity contribution in [3.8, 4) is 0 Å². The number of carboxylic acid groups (broad SMARTS) is 1. The van der Waals surface area contributed by atoms with Crippen LogP contribution in [0.15, 0.2) is 42.5 Å². The summed E-state index contributed by atoms with van der Waals surface area (Å²) in [5.74, 6) is 1.18. The molecule has 2 unspecified atom stereocenters. The molecule has 0 spiro atoms. The van der Waals surface area contributed by atoms with Gasteiger partial charge in [-0.15, -0.1) is 0 Å². The minimum Gasteiger partial charge on any atom is -0.465 e. The van der Waals surface area contributed by atoms with E-state index in [9.17, 15) is 9.90 Å². The van der Waals surface area contributed by atoms with Crippen LogP contribution < -0.4 is 0 Å². The lowest BCUT2D eigenvalue weighted by Gasteiger charge is -2.42. The van der Waals surface area contributed by atoms with Gasteiger partial charge in [0.25, 0.3) is 0 Å². The van der Waals surface area contributed by atoms with Crippen LogP contribution in [0, 0.1) is 11.8 Å². The van der Waals surface area contributed by atoms with Crippen molar-refractivity contribution in [1.29, 1.82) is 0 Å². The normalized spacial score (nSPS) is 24.2. The Bertz CT molecular complexity index is 784. The fourth-order valence-electron chi connectivity index (χ4n) is 4.92. The zero-order valence-corrected chi connectivity index (χ0v) is 15.8. The first-order valence-electron chi connectivity index (χ1n) is 10.3. The number of rotatable bonds is 4. The summed E-state index contributed by atoms with van der Waals surface area (Å²) >= 11 is 0. The third kappa shape index (κ3) is 4.27. The second-order valence-electron chi connectivity index (χ2n) is 8.11. The quantitative estimate of drug-likeness (QED) is 0.797. The van der Waals surface area contributed by atoms with Gasteiger partial charge in [-0.25, -0.2) is 4.79 Å². The molecular formula is C23H29NO3. The van der Waals surface area contributed by atoms with Crippen LogP contribution in [0.1, 0.15) is 44.1 Å². The Labute approximate surface area is 161 Å². The van der Waals surface area contributed by atoms with Crippen LogP contribution in [0.25, 0.3) is 10.8 Å². The molecule has 1 amide bonds. The van der Waals surface area contributed by atoms with Gasteiger partial charge in [0, 0.05) is 6.54 Å². The molecule has 0 bridgehead atoms. The fraction of sp³-hybridized carbons (Fsp3) is 0.522. The average Bonchev–Trinajstić information content (AvgIpc) is 2.72. The van der Waals surface area contributed by atoms with Crippen LogP contribution in [0.5, 0.6) is 0 Å². The predicted octanol–water partition coefficient (Wildman–Crippen LogP) is 5.31. The molecule has 4 nitrogen and oxygen atoms in total. The largest absolute Gasteiger partial charge is 0.465 e. The lowest BCUT2D eigenvalue weighted by Crippen LogP contribution is -2.49. The van der Waals surface area contributed by atoms with Gasteiger partial charge in [-0.1, -0.05) is 68.5 Å². The summed E-state index contributed by atoms with van der Waals surface area (Å²) < 4.78 is 6.36. The number of piperidine rings is 1. The maximum absolute atomic E-state index is 11.5. The van der Waals surface area contributed by atoms with Crippen LogP contribution in [0.4, 0.5) is 4.79 Å². The molecule has 2 aromatic carbocycles. The lowest BCUT2D eigenvalue weighted by atomic mass is 9.74. The van der Waals surface area contributed by atoms with Crippen molar-refractivity contribution in [1.82, 2.24) is 4.90 Å². The van der Waals surface area contributed by atoms with E-state index < -0.39 is 6.09 Å². The van der Waals surface area contributed by atoms with Gasteiger partial charge in [0.05, 0.1) is 19.3 Å². The maximum atomic E-state index is 11.5. The number of carbonyl (C=O) groups is 1. The van der Waals surface area contributed by atoms with Crippen LogP contribution in [-0.2, 0) is 11.3 Å². The van der Waals surface area contributed by atoms with Crippen LogP contribution in [0.3, 0.4) is 0 Å². The minimum absolute atomic E-state index is 0.00409. The number of nitrogens with zero attached hydrogens (tertiary/aromatic N) is 1. The first-order valence-corrected chi connectivity index (χ1v) is 10.3. The highest BCUT2D eigenvalue weighted by Gasteiger charge is 2.37. The third-order valence-corrected chi connectivity index (χ3v) is 6.41. The molecule has 2 atom stereocenters. The van der Waals surface area contributed by atoms with E-state index in [-0.39, 0.29) is 6.10 Å². The summed E-state index contributed by atoms with van der Waals surface area (Å²) in [5.41, 5.74) is 1.16. The van der Waals surface area contributed by atoms with Gasteiger partial charge in [-0.2, -0.15) is 0 Å². The lowest BCUT2D eigenvalue weighted by molar-refractivity contribution is -0.0631. The van der Waals surface area contributed by atoms with Gasteiger partial charge in [-0.3, -0.25) is 0 Å². The fourth-order valence-corrected chi connectivity index (χ4v) is 4.92. The van der Waals surface area contributed by atoms with E-state index in [0.717, 1.165) is 12.0 Å². The Hall–Kier alpha value is -2.07. The number of likely N-dealkylation sites (tertiary alicyclic amines) is 1. The highest BCUT2D eigenvalue weighted by Crippen LogP contribution is 2.37. The number of hydrogen-bond donors (Lipinski definition) is 1. The molecule has 0 aromatic heterocycles. The van der Waals surface area contributed by atoms with E-state index in [0.29, 0.717) is 31.5 Å². The molecule has 1 aliphatic carbocycles. The summed E-state index contributed by atoms with van der Waals surface area (Å²) in [5, 5.41) is 11.9. The topological polar surface area (TPSA) is 49.8 Å². The van der Waals surface area contributed by atoms with Crippen LogP contribution in [-0.4, -0.2) is 35.3 Å². The van der Waals surface area contributed by atoms with Gasteiger partial charge < -0.3 is 14.7 Å². The van der Waals surface area contributed by atoms with Gasteiger partial charge in [-0.05, 0) is 40.7 Å². The predicted molar refractivity (Wildman–Crippen MR) is 107 cm³/mol. The van der Waals surface area contributed by atoms with E-state index in [4.69, 9.17) is 4.74 Å². The van der Waals surface area contributed by atoms with Gasteiger partial charge in [0.15, 0.2) is 0 Å². The maximum Gasteiger partial charge on any atom is 0.407 e. The molecule has 27 heavy (non-hydrogen) atoms. The highest BCUT2D eigenvalue weighted by molar-refractivity contribution is 5.82. The number of ether oxygens (including phenoxy) is 1. The van der Waals surface area contributed by atoms with Crippen LogP contribution in [0.2, 0.25) is 0 Å². The standard InChI is InChI=1S/C23H29NO3/c25-23(26)24-13-12-21(19-7-2-1-3-8-19)22(15-24)27-16-17-10-11-18-6-4-5-9-20(18)14-17/h4-6,9-11,14,19,21-22H,1-3,7-8,12-13,15-16H2,(H,25,26). The smallest absolute Gasteiger partial charge is 0.407 e. The summed E-state index contributed by atoms with van der Waals surface area (Å²) in [6, 6.07) is 14.8. The number of benzene rings is 2. The molecule has 1 saturated carbocycles. The van der Waals surface area contributed by atoms with E-state index >= 15 is 0 Å². The zero-order valence-electron chi connectivity index (χ0n) is 15.8. The summed E-state index contributed by atoms with van der Waals surface area (Å²) in [6.45, 7) is 1.70. The number of hydrogen-bond acceptors (Lipinski definition) is 2. The molecule has 1 aliphatic heterocycles. The monoisotopic (exact) mass is 367 g/mol. The van der Waals surface area contributed by atoms with Crippen molar-refractivity contribution in [3.05, 3.63) is 48.0 Å². The molecule has 4 rings (SSSR count). The molecule has 0 radical (unpaired) electrons. The summed E-state index contributed by atoms with van der Waals surface area (Å²) in [6.07, 6.45) is 6.61. The Morgan fingerprint density at radius 1 is 1.04 bits per heavy atom. The van der Waals surface area contributed by atoms with Crippen LogP contribution >= 0.6 is 0 Å². The molecule has 1 N–H and O–H groups in total. The Kier molecular flexibility index (Phi) is 5.63. The number of amides is 1. The first-order chi connectivity index (χ1) is 13.2.